The van der Waals surface area contributed by atoms with Crippen LogP contribution in [0.2, 0.25) is 0 Å². The van der Waals surface area contributed by atoms with Gasteiger partial charge < -0.3 is 0 Å². The molecule has 0 aliphatic carbocycles. The van der Waals surface area contributed by atoms with Gasteiger partial charge >= 0.3 is 210 Å². The monoisotopic (exact) mass is 483 g/mol. The molecule has 1 aliphatic heterocycles. The molecule has 0 saturated carbocycles. The van der Waals surface area contributed by atoms with Crippen molar-refractivity contribution in [2.24, 2.45) is 4.76 Å². The number of rotatable bonds is 22. The van der Waals surface area contributed by atoms with Crippen LogP contribution in [0.4, 0.5) is 0 Å². The van der Waals surface area contributed by atoms with E-state index in [2.05, 4.69) is 44.7 Å². The van der Waals surface area contributed by atoms with E-state index in [0.717, 1.165) is 13.1 Å². The summed E-state index contributed by atoms with van der Waals surface area (Å²) in [6, 6.07) is 0. The zero-order valence-electron chi connectivity index (χ0n) is 23.6. The van der Waals surface area contributed by atoms with Gasteiger partial charge in [0.15, 0.2) is 0 Å². The van der Waals surface area contributed by atoms with E-state index in [1.54, 1.807) is 0 Å². The molecule has 1 fully saturated rings. The van der Waals surface area contributed by atoms with Crippen molar-refractivity contribution in [3.63, 3.8) is 0 Å². The summed E-state index contributed by atoms with van der Waals surface area (Å²) >= 11 is 0. The number of unbranched alkanes of at least 4 members (excludes halogenated alkanes) is 15. The summed E-state index contributed by atoms with van der Waals surface area (Å²) in [5.41, 5.74) is 0. The van der Waals surface area contributed by atoms with Crippen LogP contribution in [0.25, 0.3) is 0 Å². The van der Waals surface area contributed by atoms with Crippen LogP contribution in [0.1, 0.15) is 136 Å². The molecule has 198 valence electrons. The van der Waals surface area contributed by atoms with E-state index < -0.39 is 7.41 Å². The Hall–Kier alpha value is -0.300. The second-order valence-corrected chi connectivity index (χ2v) is 15.2. The van der Waals surface area contributed by atoms with Gasteiger partial charge in [0.1, 0.15) is 0 Å². The van der Waals surface area contributed by atoms with Crippen molar-refractivity contribution < 1.29 is 0 Å². The Labute approximate surface area is 210 Å². The van der Waals surface area contributed by atoms with Crippen LogP contribution in [0, 0.1) is 0 Å². The van der Waals surface area contributed by atoms with Gasteiger partial charge in [0, 0.05) is 0 Å². The van der Waals surface area contributed by atoms with Crippen molar-refractivity contribution in [1.82, 2.24) is 9.80 Å². The van der Waals surface area contributed by atoms with Gasteiger partial charge in [-0.15, -0.1) is 0 Å². The van der Waals surface area contributed by atoms with Crippen molar-refractivity contribution in [3.8, 4) is 0 Å². The van der Waals surface area contributed by atoms with Crippen molar-refractivity contribution in [2.45, 2.75) is 136 Å². The fraction of sp³-hybridized carbons (Fsp3) is 0.966. The first kappa shape index (κ1) is 30.7. The first-order valence-corrected chi connectivity index (χ1v) is 17.7. The van der Waals surface area contributed by atoms with Crippen LogP contribution >= 0.6 is 7.41 Å². The van der Waals surface area contributed by atoms with Crippen molar-refractivity contribution >= 4 is 13.4 Å². The second-order valence-electron chi connectivity index (χ2n) is 11.0. The number of hydrogen-bond acceptors (Lipinski definition) is 1. The molecule has 1 heterocycles. The molecule has 1 saturated heterocycles. The topological polar surface area (TPSA) is 18.8 Å². The van der Waals surface area contributed by atoms with Gasteiger partial charge in [-0.3, -0.25) is 0 Å². The van der Waals surface area contributed by atoms with Gasteiger partial charge in [-0.25, -0.2) is 0 Å². The summed E-state index contributed by atoms with van der Waals surface area (Å²) in [5.74, 6) is 1.32. The molecule has 3 nitrogen and oxygen atoms in total. The molecule has 1 aliphatic rings. The molecule has 0 atom stereocenters. The quantitative estimate of drug-likeness (QED) is 0.113. The van der Waals surface area contributed by atoms with Crippen LogP contribution in [0.5, 0.6) is 0 Å². The normalized spacial score (nSPS) is 15.0. The van der Waals surface area contributed by atoms with Crippen LogP contribution in [0.15, 0.2) is 4.76 Å². The minimum atomic E-state index is -1.65. The Morgan fingerprint density at radius 2 is 0.818 bits per heavy atom. The van der Waals surface area contributed by atoms with E-state index in [0.29, 0.717) is 0 Å². The first-order chi connectivity index (χ1) is 16.1. The van der Waals surface area contributed by atoms with Gasteiger partial charge in [-0.2, -0.15) is 0 Å². The van der Waals surface area contributed by atoms with Crippen LogP contribution in [0.3, 0.4) is 0 Å². The summed E-state index contributed by atoms with van der Waals surface area (Å²) in [4.78, 5) is 4.87. The van der Waals surface area contributed by atoms with Crippen LogP contribution < -0.4 is 0 Å². The molecule has 0 aromatic rings. The van der Waals surface area contributed by atoms with Crippen molar-refractivity contribution in [1.29, 1.82) is 0 Å². The van der Waals surface area contributed by atoms with E-state index in [1.807, 2.05) is 0 Å². The van der Waals surface area contributed by atoms with E-state index in [1.165, 1.54) is 140 Å². The summed E-state index contributed by atoms with van der Waals surface area (Å²) in [6.45, 7) is 9.26. The Kier molecular flexibility index (Phi) is 18.6. The summed E-state index contributed by atoms with van der Waals surface area (Å²) in [6.07, 6.45) is 29.7. The van der Waals surface area contributed by atoms with E-state index in [4.69, 9.17) is 4.76 Å². The predicted octanol–water partition coefficient (Wildman–Crippen LogP) is 8.97. The SMILES string of the molecule is CCCCCCCC[PH](CCCCCCCC)(CCCCCCCC)N=C1N(C)CCN1C. The Bertz CT molecular complexity index is 427. The average molecular weight is 484 g/mol. The Balaban J connectivity index is 2.81. The molecule has 0 bridgehead atoms. The maximum atomic E-state index is 5.78. The molecule has 0 radical (unpaired) electrons. The number of hydrogen-bond donors (Lipinski definition) is 0. The molecule has 4 heteroatoms. The standard InChI is InChI=1S/C29H62N3P/c1-6-9-12-15-18-21-26-33(27-22-19-16-13-10-7-2,28-23-20-17-14-11-8-3)30-29-31(4)24-25-32(29)5/h33H,6-28H2,1-5H3. The van der Waals surface area contributed by atoms with E-state index >= 15 is 0 Å². The van der Waals surface area contributed by atoms with Gasteiger partial charge in [0.05, 0.1) is 0 Å². The summed E-state index contributed by atoms with van der Waals surface area (Å²) in [5, 5.41) is 0. The second kappa shape index (κ2) is 19.9. The van der Waals surface area contributed by atoms with E-state index in [-0.39, 0.29) is 0 Å². The molecule has 0 unspecified atom stereocenters. The van der Waals surface area contributed by atoms with Crippen molar-refractivity contribution in [2.75, 3.05) is 45.7 Å². The van der Waals surface area contributed by atoms with Crippen LogP contribution in [-0.2, 0) is 0 Å². The maximum absolute atomic E-state index is 5.78. The molecule has 0 aromatic heterocycles. The molecule has 0 amide bonds. The minimum absolute atomic E-state index is 1.14. The molecule has 1 rings (SSSR count). The van der Waals surface area contributed by atoms with Gasteiger partial charge in [-0.1, -0.05) is 0 Å². The van der Waals surface area contributed by atoms with Gasteiger partial charge in [-0.05, 0) is 0 Å². The molecule has 0 aromatic carbocycles. The Morgan fingerprint density at radius 1 is 0.515 bits per heavy atom. The number of guanidine groups is 1. The fourth-order valence-corrected chi connectivity index (χ4v) is 10.00. The average Bonchev–Trinajstić information content (AvgIpc) is 3.12. The van der Waals surface area contributed by atoms with Gasteiger partial charge in [0.2, 0.25) is 0 Å². The summed E-state index contributed by atoms with van der Waals surface area (Å²) < 4.78 is 5.78. The van der Waals surface area contributed by atoms with Crippen molar-refractivity contribution in [3.05, 3.63) is 0 Å². The third kappa shape index (κ3) is 14.0. The molecule has 0 N–H and O–H groups in total. The van der Waals surface area contributed by atoms with Gasteiger partial charge in [0.25, 0.3) is 0 Å². The third-order valence-electron chi connectivity index (χ3n) is 7.78. The fourth-order valence-electron chi connectivity index (χ4n) is 5.42. The first-order valence-electron chi connectivity index (χ1n) is 15.1. The zero-order valence-corrected chi connectivity index (χ0v) is 24.6. The summed E-state index contributed by atoms with van der Waals surface area (Å²) in [7, 11) is 2.89. The molecular formula is C29H62N3P. The molecule has 33 heavy (non-hydrogen) atoms. The molecule has 0 spiro atoms. The zero-order chi connectivity index (χ0) is 24.2. The predicted molar refractivity (Wildman–Crippen MR) is 156 cm³/mol. The van der Waals surface area contributed by atoms with Crippen LogP contribution in [-0.4, -0.2) is 61.4 Å². The third-order valence-corrected chi connectivity index (χ3v) is 12.3. The molecular weight excluding hydrogens is 421 g/mol. The Morgan fingerprint density at radius 3 is 1.15 bits per heavy atom. The van der Waals surface area contributed by atoms with E-state index in [9.17, 15) is 0 Å². The number of nitrogens with zero attached hydrogens (tertiary/aromatic N) is 3. The number of likely N-dealkylation sites (N-methyl/N-ethyl adjacent to an activating group) is 2.